The summed E-state index contributed by atoms with van der Waals surface area (Å²) in [5.74, 6) is 0. The van der Waals surface area contributed by atoms with Crippen LogP contribution in [0.25, 0.3) is 0 Å². The fourth-order valence-electron chi connectivity index (χ4n) is 1.47. The van der Waals surface area contributed by atoms with E-state index in [1.807, 2.05) is 6.92 Å². The second-order valence-electron chi connectivity index (χ2n) is 3.60. The van der Waals surface area contributed by atoms with Gasteiger partial charge in [-0.15, -0.1) is 0 Å². The normalized spacial score (nSPS) is 18.9. The fourth-order valence-corrected chi connectivity index (χ4v) is 1.47. The number of carbonyl (C=O) groups excluding carboxylic acids is 1. The van der Waals surface area contributed by atoms with Crippen LogP contribution in [0.15, 0.2) is 0 Å². The van der Waals surface area contributed by atoms with Crippen molar-refractivity contribution in [3.63, 3.8) is 0 Å². The lowest BCUT2D eigenvalue weighted by atomic mass is 10.4. The molecule has 4 nitrogen and oxygen atoms in total. The van der Waals surface area contributed by atoms with Gasteiger partial charge in [0.25, 0.3) is 0 Å². The molecule has 81 valence electrons. The summed E-state index contributed by atoms with van der Waals surface area (Å²) < 4.78 is 10.0. The minimum Gasteiger partial charge on any atom is -0.432 e. The molecule has 4 heteroatoms. The quantitative estimate of drug-likeness (QED) is 0.654. The van der Waals surface area contributed by atoms with Crippen molar-refractivity contribution in [1.82, 2.24) is 4.90 Å². The third-order valence-electron chi connectivity index (χ3n) is 2.09. The van der Waals surface area contributed by atoms with Crippen molar-refractivity contribution in [2.45, 2.75) is 39.7 Å². The van der Waals surface area contributed by atoms with Crippen LogP contribution in [0.1, 0.15) is 33.6 Å². The number of carbonyl (C=O) groups is 1. The highest BCUT2D eigenvalue weighted by atomic mass is 16.7. The Bertz CT molecular complexity index is 194. The van der Waals surface area contributed by atoms with E-state index in [2.05, 4.69) is 4.90 Å². The Kier molecular flexibility index (Phi) is 4.20. The Morgan fingerprint density at radius 1 is 1.57 bits per heavy atom. The molecule has 1 fully saturated rings. The van der Waals surface area contributed by atoms with Crippen molar-refractivity contribution in [2.75, 3.05) is 13.1 Å². The average molecular weight is 200 g/mol. The van der Waals surface area contributed by atoms with Crippen molar-refractivity contribution in [1.29, 1.82) is 0 Å². The van der Waals surface area contributed by atoms with Gasteiger partial charge in [0.05, 0.1) is 6.10 Å². The maximum Gasteiger partial charge on any atom is 0.510 e. The number of ether oxygens (including phenoxy) is 2. The molecule has 1 heterocycles. The van der Waals surface area contributed by atoms with Crippen LogP contribution in [-0.2, 0) is 9.47 Å². The van der Waals surface area contributed by atoms with Crippen molar-refractivity contribution in [3.8, 4) is 0 Å². The summed E-state index contributed by atoms with van der Waals surface area (Å²) in [4.78, 5) is 13.2. The summed E-state index contributed by atoms with van der Waals surface area (Å²) in [5, 5.41) is 0. The van der Waals surface area contributed by atoms with Crippen LogP contribution in [-0.4, -0.2) is 30.2 Å². The molecule has 0 N–H and O–H groups in total. The highest BCUT2D eigenvalue weighted by molar-refractivity contribution is 5.61. The molecule has 0 atom stereocenters. The smallest absolute Gasteiger partial charge is 0.432 e. The molecule has 0 aliphatic carbocycles. The average Bonchev–Trinajstić information content (AvgIpc) is 2.50. The number of hydrogen-bond donors (Lipinski definition) is 0. The van der Waals surface area contributed by atoms with Gasteiger partial charge in [0, 0.05) is 13.0 Å². The van der Waals surface area contributed by atoms with Crippen LogP contribution >= 0.6 is 0 Å². The Hall–Kier alpha value is -0.770. The molecule has 1 saturated heterocycles. The van der Waals surface area contributed by atoms with Crippen LogP contribution in [0.2, 0.25) is 0 Å². The van der Waals surface area contributed by atoms with Gasteiger partial charge in [-0.25, -0.2) is 4.79 Å². The van der Waals surface area contributed by atoms with Crippen LogP contribution in [0.3, 0.4) is 0 Å². The largest absolute Gasteiger partial charge is 0.510 e. The Morgan fingerprint density at radius 3 is 2.86 bits per heavy atom. The first kappa shape index (κ1) is 11.3. The predicted octanol–water partition coefficient (Wildman–Crippen LogP) is 2.15. The third kappa shape index (κ3) is 3.18. The van der Waals surface area contributed by atoms with Crippen molar-refractivity contribution >= 4 is 6.16 Å². The monoisotopic (exact) mass is 200 g/mol. The van der Waals surface area contributed by atoms with E-state index in [4.69, 9.17) is 9.47 Å². The molecule has 1 radical (unpaired) electrons. The SMILES string of the molecule is CCN1CCC[C]1OC(=O)OC(C)C. The highest BCUT2D eigenvalue weighted by Crippen LogP contribution is 2.25. The first-order valence-corrected chi connectivity index (χ1v) is 5.12. The summed E-state index contributed by atoms with van der Waals surface area (Å²) in [7, 11) is 0. The zero-order valence-electron chi connectivity index (χ0n) is 9.08. The summed E-state index contributed by atoms with van der Waals surface area (Å²) in [6.45, 7) is 7.50. The number of likely N-dealkylation sites (tertiary alicyclic amines) is 1. The van der Waals surface area contributed by atoms with Crippen LogP contribution < -0.4 is 0 Å². The second-order valence-corrected chi connectivity index (χ2v) is 3.60. The lowest BCUT2D eigenvalue weighted by molar-refractivity contribution is 0.0129. The second kappa shape index (κ2) is 5.20. The first-order valence-electron chi connectivity index (χ1n) is 5.12. The van der Waals surface area contributed by atoms with Gasteiger partial charge in [0.1, 0.15) is 0 Å². The molecule has 14 heavy (non-hydrogen) atoms. The van der Waals surface area contributed by atoms with Gasteiger partial charge >= 0.3 is 6.16 Å². The van der Waals surface area contributed by atoms with Gasteiger partial charge in [0.2, 0.25) is 6.23 Å². The molecule has 0 amide bonds. The number of rotatable bonds is 3. The zero-order valence-corrected chi connectivity index (χ0v) is 9.08. The molecule has 0 aromatic heterocycles. The molecule has 0 aromatic carbocycles. The summed E-state index contributed by atoms with van der Waals surface area (Å²) in [6, 6.07) is 0. The maximum absolute atomic E-state index is 11.2. The molecule has 1 aliphatic rings. The molecular weight excluding hydrogens is 182 g/mol. The van der Waals surface area contributed by atoms with Gasteiger partial charge in [-0.1, -0.05) is 6.92 Å². The maximum atomic E-state index is 11.2. The lowest BCUT2D eigenvalue weighted by Gasteiger charge is -2.20. The number of hydrogen-bond acceptors (Lipinski definition) is 4. The molecule has 0 unspecified atom stereocenters. The molecule has 0 saturated carbocycles. The molecule has 0 bridgehead atoms. The van der Waals surface area contributed by atoms with Gasteiger partial charge in [-0.3, -0.25) is 4.90 Å². The van der Waals surface area contributed by atoms with E-state index in [1.165, 1.54) is 0 Å². The fraction of sp³-hybridized carbons (Fsp3) is 0.800. The molecule has 1 rings (SSSR count). The Morgan fingerprint density at radius 2 is 2.29 bits per heavy atom. The topological polar surface area (TPSA) is 38.8 Å². The summed E-state index contributed by atoms with van der Waals surface area (Å²) >= 11 is 0. The van der Waals surface area contributed by atoms with E-state index in [1.54, 1.807) is 13.8 Å². The van der Waals surface area contributed by atoms with Crippen molar-refractivity contribution < 1.29 is 14.3 Å². The molecule has 0 aromatic rings. The summed E-state index contributed by atoms with van der Waals surface area (Å²) in [6.07, 6.45) is 1.92. The van der Waals surface area contributed by atoms with Gasteiger partial charge in [-0.05, 0) is 26.8 Å². The highest BCUT2D eigenvalue weighted by Gasteiger charge is 2.29. The van der Waals surface area contributed by atoms with Gasteiger partial charge in [-0.2, -0.15) is 0 Å². The van der Waals surface area contributed by atoms with E-state index in [0.29, 0.717) is 0 Å². The van der Waals surface area contributed by atoms with Gasteiger partial charge in [0.15, 0.2) is 0 Å². The molecule has 1 aliphatic heterocycles. The predicted molar refractivity (Wildman–Crippen MR) is 52.4 cm³/mol. The van der Waals surface area contributed by atoms with Gasteiger partial charge < -0.3 is 9.47 Å². The third-order valence-corrected chi connectivity index (χ3v) is 2.09. The van der Waals surface area contributed by atoms with E-state index in [0.717, 1.165) is 32.2 Å². The zero-order chi connectivity index (χ0) is 10.6. The van der Waals surface area contributed by atoms with Crippen LogP contribution in [0.5, 0.6) is 0 Å². The minimum atomic E-state index is -0.588. The first-order chi connectivity index (χ1) is 6.63. The Labute approximate surface area is 85.2 Å². The molecular formula is C10H18NO3. The van der Waals surface area contributed by atoms with E-state index in [-0.39, 0.29) is 6.10 Å². The van der Waals surface area contributed by atoms with Crippen LogP contribution in [0, 0.1) is 6.23 Å². The van der Waals surface area contributed by atoms with E-state index in [9.17, 15) is 4.79 Å². The van der Waals surface area contributed by atoms with Crippen molar-refractivity contribution in [2.24, 2.45) is 0 Å². The summed E-state index contributed by atoms with van der Waals surface area (Å²) in [5.41, 5.74) is 0. The van der Waals surface area contributed by atoms with E-state index >= 15 is 0 Å². The number of nitrogens with zero attached hydrogens (tertiary/aromatic N) is 1. The standard InChI is InChI=1S/C10H18NO3/c1-4-11-7-5-6-9(11)14-10(12)13-8(2)3/h8H,4-7H2,1-3H3. The van der Waals surface area contributed by atoms with Crippen molar-refractivity contribution in [3.05, 3.63) is 6.23 Å². The van der Waals surface area contributed by atoms with E-state index < -0.39 is 6.16 Å². The Balaban J connectivity index is 2.32. The lowest BCUT2D eigenvalue weighted by Crippen LogP contribution is -2.27. The molecule has 0 spiro atoms. The van der Waals surface area contributed by atoms with Crippen LogP contribution in [0.4, 0.5) is 4.79 Å². The minimum absolute atomic E-state index is 0.125.